The first kappa shape index (κ1) is 15.9. The Morgan fingerprint density at radius 1 is 1.20 bits per heavy atom. The molecule has 0 aliphatic carbocycles. The maximum absolute atomic E-state index is 13.6. The van der Waals surface area contributed by atoms with Crippen LogP contribution in [0.2, 0.25) is 0 Å². The van der Waals surface area contributed by atoms with Crippen LogP contribution in [0.4, 0.5) is 10.1 Å². The van der Waals surface area contributed by atoms with Gasteiger partial charge >= 0.3 is 0 Å². The van der Waals surface area contributed by atoms with Crippen molar-refractivity contribution < 1.29 is 13.9 Å². The van der Waals surface area contributed by atoms with E-state index >= 15 is 0 Å². The molecule has 4 nitrogen and oxygen atoms in total. The highest BCUT2D eigenvalue weighted by atomic mass is 35.5. The number of anilines is 1. The van der Waals surface area contributed by atoms with Gasteiger partial charge < -0.3 is 4.74 Å². The molecule has 6 heteroatoms. The molecule has 106 valence electrons. The van der Waals surface area contributed by atoms with Crippen molar-refractivity contribution in [2.75, 3.05) is 12.1 Å². The molecule has 0 atom stereocenters. The molecule has 1 amide bonds. The second-order valence-electron chi connectivity index (χ2n) is 3.86. The van der Waals surface area contributed by atoms with E-state index < -0.39 is 11.7 Å². The smallest absolute Gasteiger partial charge is 0.272 e. The van der Waals surface area contributed by atoms with Crippen molar-refractivity contribution in [3.63, 3.8) is 0 Å². The Kier molecular flexibility index (Phi) is 5.49. The minimum absolute atomic E-state index is 0. The number of ether oxygens (including phenoxy) is 1. The van der Waals surface area contributed by atoms with E-state index in [1.54, 1.807) is 30.3 Å². The van der Waals surface area contributed by atoms with E-state index in [1.165, 1.54) is 19.2 Å². The summed E-state index contributed by atoms with van der Waals surface area (Å²) in [6.07, 6.45) is 0. The highest BCUT2D eigenvalue weighted by Crippen LogP contribution is 2.23. The molecular weight excluding hydrogens is 283 g/mol. The Hall–Kier alpha value is -2.11. The molecule has 0 unspecified atom stereocenters. The molecule has 0 saturated carbocycles. The lowest BCUT2D eigenvalue weighted by Crippen LogP contribution is -2.37. The van der Waals surface area contributed by atoms with Crippen molar-refractivity contribution in [2.45, 2.75) is 0 Å². The third kappa shape index (κ3) is 3.26. The number of nitrogens with two attached hydrogens (primary N) is 1. The van der Waals surface area contributed by atoms with Crippen molar-refractivity contribution in [3.8, 4) is 5.75 Å². The standard InChI is InChI=1S/C14H13FN2O2.ClH/c1-19-13-8-7-11(9-12(13)15)17(16)14(18)10-5-3-2-4-6-10;/h2-9H,16H2,1H3;1H. The molecule has 0 bridgehead atoms. The molecule has 2 rings (SSSR count). The fourth-order valence-corrected chi connectivity index (χ4v) is 1.64. The van der Waals surface area contributed by atoms with Crippen LogP contribution in [0.5, 0.6) is 5.75 Å². The summed E-state index contributed by atoms with van der Waals surface area (Å²) in [6, 6.07) is 12.6. The zero-order valence-electron chi connectivity index (χ0n) is 10.7. The largest absolute Gasteiger partial charge is 0.494 e. The molecule has 20 heavy (non-hydrogen) atoms. The number of amides is 1. The van der Waals surface area contributed by atoms with E-state index in [9.17, 15) is 9.18 Å². The summed E-state index contributed by atoms with van der Waals surface area (Å²) in [4.78, 5) is 12.1. The van der Waals surface area contributed by atoms with Gasteiger partial charge in [-0.15, -0.1) is 12.4 Å². The van der Waals surface area contributed by atoms with Gasteiger partial charge in [0.2, 0.25) is 0 Å². The van der Waals surface area contributed by atoms with Crippen molar-refractivity contribution in [3.05, 3.63) is 59.9 Å². The Balaban J connectivity index is 0.00000200. The Bertz CT molecular complexity index is 593. The molecular formula is C14H14ClFN2O2. The highest BCUT2D eigenvalue weighted by molar-refractivity contribution is 6.05. The van der Waals surface area contributed by atoms with Crippen LogP contribution in [0.1, 0.15) is 10.4 Å². The molecule has 0 aromatic heterocycles. The number of nitrogens with zero attached hydrogens (tertiary/aromatic N) is 1. The van der Waals surface area contributed by atoms with Gasteiger partial charge in [-0.1, -0.05) is 18.2 Å². The second-order valence-corrected chi connectivity index (χ2v) is 3.86. The predicted molar refractivity (Wildman–Crippen MR) is 77.6 cm³/mol. The lowest BCUT2D eigenvalue weighted by molar-refractivity contribution is 0.0987. The second kappa shape index (κ2) is 6.88. The normalized spacial score (nSPS) is 9.55. The van der Waals surface area contributed by atoms with Crippen molar-refractivity contribution in [1.82, 2.24) is 0 Å². The summed E-state index contributed by atoms with van der Waals surface area (Å²) in [5, 5.41) is 0.901. The van der Waals surface area contributed by atoms with Crippen molar-refractivity contribution >= 4 is 24.0 Å². The molecule has 0 aliphatic rings. The van der Waals surface area contributed by atoms with E-state index in [2.05, 4.69) is 0 Å². The molecule has 0 aliphatic heterocycles. The predicted octanol–water partition coefficient (Wildman–Crippen LogP) is 2.78. The molecule has 2 N–H and O–H groups in total. The van der Waals surface area contributed by atoms with Gasteiger partial charge in [0.1, 0.15) is 0 Å². The van der Waals surface area contributed by atoms with E-state index in [0.29, 0.717) is 5.56 Å². The molecule has 0 heterocycles. The number of hydrogen-bond acceptors (Lipinski definition) is 3. The monoisotopic (exact) mass is 296 g/mol. The lowest BCUT2D eigenvalue weighted by Gasteiger charge is -2.17. The van der Waals surface area contributed by atoms with Crippen molar-refractivity contribution in [1.29, 1.82) is 0 Å². The maximum atomic E-state index is 13.6. The van der Waals surface area contributed by atoms with Gasteiger partial charge in [-0.3, -0.25) is 4.79 Å². The third-order valence-electron chi connectivity index (χ3n) is 2.65. The van der Waals surface area contributed by atoms with Gasteiger partial charge in [-0.05, 0) is 24.3 Å². The summed E-state index contributed by atoms with van der Waals surface area (Å²) in [5.41, 5.74) is 0.688. The number of benzene rings is 2. The minimum atomic E-state index is -0.573. The van der Waals surface area contributed by atoms with Gasteiger partial charge in [0.05, 0.1) is 12.8 Å². The Morgan fingerprint density at radius 2 is 1.85 bits per heavy atom. The average Bonchev–Trinajstić information content (AvgIpc) is 2.46. The molecule has 2 aromatic carbocycles. The third-order valence-corrected chi connectivity index (χ3v) is 2.65. The highest BCUT2D eigenvalue weighted by Gasteiger charge is 2.15. The fourth-order valence-electron chi connectivity index (χ4n) is 1.64. The van der Waals surface area contributed by atoms with E-state index in [-0.39, 0.29) is 23.8 Å². The zero-order chi connectivity index (χ0) is 13.8. The summed E-state index contributed by atoms with van der Waals surface area (Å²) < 4.78 is 18.4. The summed E-state index contributed by atoms with van der Waals surface area (Å²) in [5.74, 6) is 4.82. The van der Waals surface area contributed by atoms with Crippen LogP contribution in [0.25, 0.3) is 0 Å². The SMILES string of the molecule is COc1ccc(N(N)C(=O)c2ccccc2)cc1F.Cl. The average molecular weight is 297 g/mol. The molecule has 0 radical (unpaired) electrons. The Morgan fingerprint density at radius 3 is 2.40 bits per heavy atom. The lowest BCUT2D eigenvalue weighted by atomic mass is 10.2. The van der Waals surface area contributed by atoms with Gasteiger partial charge in [0.25, 0.3) is 5.91 Å². The minimum Gasteiger partial charge on any atom is -0.494 e. The first-order valence-corrected chi connectivity index (χ1v) is 5.61. The summed E-state index contributed by atoms with van der Waals surface area (Å²) in [6.45, 7) is 0. The van der Waals surface area contributed by atoms with Crippen LogP contribution in [0.15, 0.2) is 48.5 Å². The number of methoxy groups -OCH3 is 1. The van der Waals surface area contributed by atoms with Gasteiger partial charge in [0.15, 0.2) is 11.6 Å². The summed E-state index contributed by atoms with van der Waals surface area (Å²) >= 11 is 0. The number of rotatable bonds is 3. The van der Waals surface area contributed by atoms with E-state index in [0.717, 1.165) is 11.1 Å². The number of halogens is 2. The fraction of sp³-hybridized carbons (Fsp3) is 0.0714. The van der Waals surface area contributed by atoms with Gasteiger partial charge in [-0.25, -0.2) is 15.2 Å². The van der Waals surface area contributed by atoms with Crippen molar-refractivity contribution in [2.24, 2.45) is 5.84 Å². The van der Waals surface area contributed by atoms with Crippen LogP contribution >= 0.6 is 12.4 Å². The van der Waals surface area contributed by atoms with E-state index in [1.807, 2.05) is 0 Å². The number of hydrazine groups is 1. The molecule has 0 saturated heterocycles. The number of hydrogen-bond donors (Lipinski definition) is 1. The van der Waals surface area contributed by atoms with Crippen LogP contribution in [-0.4, -0.2) is 13.0 Å². The molecule has 2 aromatic rings. The number of carbonyl (C=O) groups excluding carboxylic acids is 1. The first-order chi connectivity index (χ1) is 9.13. The first-order valence-electron chi connectivity index (χ1n) is 5.61. The van der Waals surface area contributed by atoms with Crippen LogP contribution in [0, 0.1) is 5.82 Å². The summed E-state index contributed by atoms with van der Waals surface area (Å²) in [7, 11) is 1.37. The zero-order valence-corrected chi connectivity index (χ0v) is 11.6. The van der Waals surface area contributed by atoms with Gasteiger partial charge in [-0.2, -0.15) is 0 Å². The van der Waals surface area contributed by atoms with Crippen LogP contribution < -0.4 is 15.6 Å². The molecule has 0 fully saturated rings. The van der Waals surface area contributed by atoms with Crippen LogP contribution in [-0.2, 0) is 0 Å². The van der Waals surface area contributed by atoms with Gasteiger partial charge in [0, 0.05) is 11.6 Å². The number of carbonyl (C=O) groups is 1. The Labute approximate surface area is 122 Å². The molecule has 0 spiro atoms. The topological polar surface area (TPSA) is 55.6 Å². The van der Waals surface area contributed by atoms with Crippen LogP contribution in [0.3, 0.4) is 0 Å². The quantitative estimate of drug-likeness (QED) is 0.538. The van der Waals surface area contributed by atoms with E-state index in [4.69, 9.17) is 10.6 Å². The maximum Gasteiger partial charge on any atom is 0.272 e.